The molecule has 1 unspecified atom stereocenters. The highest BCUT2D eigenvalue weighted by atomic mass is 16.5. The number of ether oxygens (including phenoxy) is 1. The van der Waals surface area contributed by atoms with Crippen LogP contribution in [0.15, 0.2) is 65.6 Å². The van der Waals surface area contributed by atoms with E-state index in [1.54, 1.807) is 45.4 Å². The van der Waals surface area contributed by atoms with Crippen LogP contribution >= 0.6 is 0 Å². The smallest absolute Gasteiger partial charge is 0.122 e. The highest BCUT2D eigenvalue weighted by Gasteiger charge is 2.32. The van der Waals surface area contributed by atoms with E-state index in [-0.39, 0.29) is 12.0 Å². The molecule has 1 aromatic carbocycles. The molecule has 1 saturated heterocycles. The summed E-state index contributed by atoms with van der Waals surface area (Å²) < 4.78 is 7.91. The second-order valence-electron chi connectivity index (χ2n) is 10.3. The minimum Gasteiger partial charge on any atom is -0.397 e. The van der Waals surface area contributed by atoms with Crippen LogP contribution in [-0.2, 0) is 10.3 Å². The number of aliphatic imine (C=N–C) groups is 1. The van der Waals surface area contributed by atoms with Gasteiger partial charge in [0.25, 0.3) is 0 Å². The number of pyridine rings is 1. The zero-order chi connectivity index (χ0) is 26.3. The van der Waals surface area contributed by atoms with Gasteiger partial charge in [0, 0.05) is 43.6 Å². The minimum absolute atomic E-state index is 0.206. The Labute approximate surface area is 216 Å². The van der Waals surface area contributed by atoms with Gasteiger partial charge in [-0.25, -0.2) is 10.8 Å². The van der Waals surface area contributed by atoms with E-state index in [9.17, 15) is 5.11 Å². The van der Waals surface area contributed by atoms with Gasteiger partial charge in [-0.3, -0.25) is 4.98 Å². The quantitative estimate of drug-likeness (QED) is 0.319. The van der Waals surface area contributed by atoms with Crippen LogP contribution in [0.5, 0.6) is 0 Å². The maximum atomic E-state index is 10.8. The zero-order valence-corrected chi connectivity index (χ0v) is 21.6. The number of hydrogen-bond acceptors (Lipinski definition) is 8. The molecule has 0 radical (unpaired) electrons. The molecule has 2 aromatic heterocycles. The van der Waals surface area contributed by atoms with Crippen LogP contribution < -0.4 is 17.3 Å². The number of aliphatic hydroxyl groups is 1. The Morgan fingerprint density at radius 3 is 2.57 bits per heavy atom. The Morgan fingerprint density at radius 1 is 1.11 bits per heavy atom. The van der Waals surface area contributed by atoms with Gasteiger partial charge in [-0.2, -0.15) is 0 Å². The fraction of sp³-hybridized carbons (Fsp3) is 0.357. The van der Waals surface area contributed by atoms with Crippen LogP contribution in [0.2, 0.25) is 0 Å². The van der Waals surface area contributed by atoms with E-state index in [0.717, 1.165) is 45.9 Å². The molecule has 2 aliphatic heterocycles. The van der Waals surface area contributed by atoms with Crippen molar-refractivity contribution in [1.82, 2.24) is 14.6 Å². The lowest BCUT2D eigenvalue weighted by atomic mass is 9.90. The van der Waals surface area contributed by atoms with Crippen LogP contribution in [0.3, 0.4) is 0 Å². The van der Waals surface area contributed by atoms with Gasteiger partial charge in [0.2, 0.25) is 0 Å². The first-order chi connectivity index (χ1) is 17.7. The third kappa shape index (κ3) is 4.61. The Hall–Kier alpha value is -3.66. The SMILES string of the molecule is CN(N)/C1=C(N)/C=C\C=C/N=C(\N)C(C2CCOCC2)n2c3cc(C(C)(C)O)ccc3c3ncc1cc32. The summed E-state index contributed by atoms with van der Waals surface area (Å²) in [6.45, 7) is 4.91. The second kappa shape index (κ2) is 9.66. The zero-order valence-electron chi connectivity index (χ0n) is 21.6. The highest BCUT2D eigenvalue weighted by Crippen LogP contribution is 2.39. The Balaban J connectivity index is 1.91. The van der Waals surface area contributed by atoms with Crippen molar-refractivity contribution in [2.75, 3.05) is 20.3 Å². The van der Waals surface area contributed by atoms with Crippen molar-refractivity contribution in [2.24, 2.45) is 28.2 Å². The monoisotopic (exact) mass is 501 g/mol. The first-order valence-corrected chi connectivity index (χ1v) is 12.6. The van der Waals surface area contributed by atoms with Crippen LogP contribution in [0.1, 0.15) is 43.9 Å². The molecule has 4 heterocycles. The Bertz CT molecular complexity index is 1450. The molecular formula is C28H35N7O2. The fourth-order valence-corrected chi connectivity index (χ4v) is 5.40. The Kier molecular flexibility index (Phi) is 6.53. The molecule has 194 valence electrons. The predicted molar refractivity (Wildman–Crippen MR) is 148 cm³/mol. The third-order valence-electron chi connectivity index (χ3n) is 7.24. The Morgan fingerprint density at radius 2 is 1.86 bits per heavy atom. The summed E-state index contributed by atoms with van der Waals surface area (Å²) in [6, 6.07) is 7.83. The van der Waals surface area contributed by atoms with Crippen molar-refractivity contribution in [1.29, 1.82) is 0 Å². The van der Waals surface area contributed by atoms with Crippen LogP contribution in [0, 0.1) is 5.92 Å². The van der Waals surface area contributed by atoms with Crippen molar-refractivity contribution in [3.8, 4) is 0 Å². The summed E-state index contributed by atoms with van der Waals surface area (Å²) in [5, 5.41) is 13.3. The molecular weight excluding hydrogens is 466 g/mol. The average molecular weight is 502 g/mol. The molecule has 3 aromatic rings. The second-order valence-corrected chi connectivity index (χ2v) is 10.3. The number of aromatic nitrogens is 2. The molecule has 0 saturated carbocycles. The molecule has 37 heavy (non-hydrogen) atoms. The topological polar surface area (TPSA) is 141 Å². The number of nitrogens with two attached hydrogens (primary N) is 3. The number of benzene rings is 1. The lowest BCUT2D eigenvalue weighted by molar-refractivity contribution is 0.0583. The summed E-state index contributed by atoms with van der Waals surface area (Å²) in [4.78, 5) is 9.54. The molecule has 1 atom stereocenters. The summed E-state index contributed by atoms with van der Waals surface area (Å²) in [6.07, 6.45) is 10.6. The number of hydrogen-bond donors (Lipinski definition) is 4. The van der Waals surface area contributed by atoms with Gasteiger partial charge in [-0.15, -0.1) is 0 Å². The van der Waals surface area contributed by atoms with Crippen molar-refractivity contribution in [3.63, 3.8) is 0 Å². The largest absolute Gasteiger partial charge is 0.397 e. The summed E-state index contributed by atoms with van der Waals surface area (Å²) in [5.74, 6) is 6.95. The van der Waals surface area contributed by atoms with Crippen molar-refractivity contribution in [3.05, 3.63) is 71.7 Å². The van der Waals surface area contributed by atoms with E-state index < -0.39 is 5.60 Å². The van der Waals surface area contributed by atoms with Gasteiger partial charge in [-0.05, 0) is 62.5 Å². The third-order valence-corrected chi connectivity index (χ3v) is 7.24. The standard InChI is InChI=1S/C28H35N7O2/c1-28(2,36)19-7-8-20-22(15-19)35-23-14-18(16-33-24(20)23)25(34(3)31)21(29)6-4-5-11-32-27(30)26(35)17-9-12-37-13-10-17/h4-8,11,14-17,26,36H,9-10,12-13,29,31H2,1-3H3,(H2,30,32)/b6-4-,11-5-,25-21-. The van der Waals surface area contributed by atoms with Crippen molar-refractivity contribution in [2.45, 2.75) is 38.3 Å². The molecule has 1 fully saturated rings. The number of amidine groups is 1. The first-order valence-electron chi connectivity index (χ1n) is 12.6. The molecule has 7 N–H and O–H groups in total. The van der Waals surface area contributed by atoms with Gasteiger partial charge in [-0.1, -0.05) is 18.2 Å². The number of fused-ring (bicyclic) bond motifs is 4. The van der Waals surface area contributed by atoms with E-state index in [4.69, 9.17) is 27.0 Å². The molecule has 0 spiro atoms. The van der Waals surface area contributed by atoms with Gasteiger partial charge < -0.3 is 30.9 Å². The molecule has 2 aliphatic rings. The van der Waals surface area contributed by atoms with Crippen LogP contribution in [0.25, 0.3) is 27.6 Å². The normalized spacial score (nSPS) is 24.8. The molecule has 5 rings (SSSR count). The van der Waals surface area contributed by atoms with Crippen LogP contribution in [0.4, 0.5) is 0 Å². The van der Waals surface area contributed by atoms with Gasteiger partial charge in [0.1, 0.15) is 5.84 Å². The molecule has 2 bridgehead atoms. The number of rotatable bonds is 3. The van der Waals surface area contributed by atoms with Crippen LogP contribution in [-0.4, -0.2) is 45.8 Å². The van der Waals surface area contributed by atoms with E-state index >= 15 is 0 Å². The molecule has 9 heteroatoms. The minimum atomic E-state index is -1.01. The number of hydrazine groups is 1. The molecule has 0 amide bonds. The van der Waals surface area contributed by atoms with Crippen molar-refractivity contribution < 1.29 is 9.84 Å². The van der Waals surface area contributed by atoms with Gasteiger partial charge in [0.15, 0.2) is 0 Å². The predicted octanol–water partition coefficient (Wildman–Crippen LogP) is 3.26. The maximum Gasteiger partial charge on any atom is 0.122 e. The highest BCUT2D eigenvalue weighted by molar-refractivity contribution is 6.08. The molecule has 9 nitrogen and oxygen atoms in total. The molecule has 0 aliphatic carbocycles. The first kappa shape index (κ1) is 25.0. The lowest BCUT2D eigenvalue weighted by Crippen LogP contribution is -2.35. The number of allylic oxidation sites excluding steroid dienone is 3. The van der Waals surface area contributed by atoms with E-state index in [0.29, 0.717) is 30.4 Å². The lowest BCUT2D eigenvalue weighted by Gasteiger charge is -2.32. The van der Waals surface area contributed by atoms with E-state index in [1.807, 2.05) is 24.3 Å². The summed E-state index contributed by atoms with van der Waals surface area (Å²) in [5.41, 5.74) is 17.6. The van der Waals surface area contributed by atoms with Crippen molar-refractivity contribution >= 4 is 33.5 Å². The average Bonchev–Trinajstić information content (AvgIpc) is 3.17. The van der Waals surface area contributed by atoms with Gasteiger partial charge >= 0.3 is 0 Å². The van der Waals surface area contributed by atoms with Gasteiger partial charge in [0.05, 0.1) is 39.6 Å². The number of nitrogens with zero attached hydrogens (tertiary/aromatic N) is 4. The van der Waals surface area contributed by atoms with E-state index in [2.05, 4.69) is 15.6 Å². The summed E-state index contributed by atoms with van der Waals surface area (Å²) >= 11 is 0. The van der Waals surface area contributed by atoms with E-state index in [1.165, 1.54) is 5.01 Å². The summed E-state index contributed by atoms with van der Waals surface area (Å²) in [7, 11) is 1.76. The fourth-order valence-electron chi connectivity index (χ4n) is 5.40. The maximum absolute atomic E-state index is 10.8.